The van der Waals surface area contributed by atoms with Gasteiger partial charge in [0.1, 0.15) is 0 Å². The van der Waals surface area contributed by atoms with Crippen LogP contribution in [0, 0.1) is 0 Å². The number of rotatable bonds is 3. The lowest BCUT2D eigenvalue weighted by Gasteiger charge is -2.10. The molecule has 2 aromatic rings. The Kier molecular flexibility index (Phi) is 3.40. The van der Waals surface area contributed by atoms with E-state index in [0.717, 1.165) is 17.7 Å². The second-order valence-corrected chi connectivity index (χ2v) is 6.00. The number of aromatic carboxylic acids is 1. The van der Waals surface area contributed by atoms with Gasteiger partial charge in [-0.3, -0.25) is 0 Å². The van der Waals surface area contributed by atoms with Crippen LogP contribution >= 0.6 is 11.8 Å². The molecule has 0 bridgehead atoms. The summed E-state index contributed by atoms with van der Waals surface area (Å²) in [4.78, 5) is 13.0. The van der Waals surface area contributed by atoms with Crippen molar-refractivity contribution in [2.75, 3.05) is 5.73 Å². The maximum atomic E-state index is 11.3. The molecule has 3 nitrogen and oxygen atoms in total. The summed E-state index contributed by atoms with van der Waals surface area (Å²) in [6, 6.07) is 11.4. The van der Waals surface area contributed by atoms with E-state index in [1.165, 1.54) is 29.3 Å². The number of carboxylic acid groups (broad SMARTS) is 1. The topological polar surface area (TPSA) is 63.3 Å². The van der Waals surface area contributed by atoms with E-state index in [9.17, 15) is 9.90 Å². The van der Waals surface area contributed by atoms with Gasteiger partial charge >= 0.3 is 5.97 Å². The average Bonchev–Trinajstić information content (AvgIpc) is 2.88. The molecule has 0 fully saturated rings. The molecular formula is C16H15NO2S. The maximum absolute atomic E-state index is 11.3. The van der Waals surface area contributed by atoms with Gasteiger partial charge in [-0.25, -0.2) is 4.79 Å². The highest BCUT2D eigenvalue weighted by molar-refractivity contribution is 7.99. The number of nitrogens with two attached hydrogens (primary N) is 1. The number of benzene rings is 2. The van der Waals surface area contributed by atoms with Gasteiger partial charge in [0.25, 0.3) is 0 Å². The third kappa shape index (κ3) is 2.39. The van der Waals surface area contributed by atoms with Crippen molar-refractivity contribution in [3.05, 3.63) is 53.1 Å². The molecule has 0 radical (unpaired) electrons. The van der Waals surface area contributed by atoms with Crippen molar-refractivity contribution < 1.29 is 9.90 Å². The number of anilines is 1. The summed E-state index contributed by atoms with van der Waals surface area (Å²) in [5.74, 6) is -0.944. The molecule has 0 heterocycles. The fourth-order valence-electron chi connectivity index (χ4n) is 2.57. The van der Waals surface area contributed by atoms with Crippen LogP contribution in [-0.4, -0.2) is 11.1 Å². The van der Waals surface area contributed by atoms with E-state index in [4.69, 9.17) is 5.73 Å². The van der Waals surface area contributed by atoms with Crippen LogP contribution in [-0.2, 0) is 12.8 Å². The summed E-state index contributed by atoms with van der Waals surface area (Å²) in [5, 5.41) is 9.25. The summed E-state index contributed by atoms with van der Waals surface area (Å²) in [6.07, 6.45) is 3.46. The second-order valence-electron chi connectivity index (χ2n) is 4.92. The lowest BCUT2D eigenvalue weighted by molar-refractivity contribution is 0.0693. The van der Waals surface area contributed by atoms with Gasteiger partial charge in [0.2, 0.25) is 0 Å². The number of hydrogen-bond donors (Lipinski definition) is 2. The van der Waals surface area contributed by atoms with Gasteiger partial charge in [0.15, 0.2) is 0 Å². The maximum Gasteiger partial charge on any atom is 0.336 e. The smallest absolute Gasteiger partial charge is 0.336 e. The van der Waals surface area contributed by atoms with Crippen molar-refractivity contribution in [3.63, 3.8) is 0 Å². The van der Waals surface area contributed by atoms with Gasteiger partial charge in [-0.1, -0.05) is 23.9 Å². The lowest BCUT2D eigenvalue weighted by atomic mass is 10.1. The van der Waals surface area contributed by atoms with Gasteiger partial charge in [0, 0.05) is 15.5 Å². The number of aryl methyl sites for hydroxylation is 2. The van der Waals surface area contributed by atoms with E-state index in [0.29, 0.717) is 10.6 Å². The molecule has 0 atom stereocenters. The zero-order valence-electron chi connectivity index (χ0n) is 10.9. The van der Waals surface area contributed by atoms with Crippen LogP contribution in [0.4, 0.5) is 5.69 Å². The minimum absolute atomic E-state index is 0.260. The number of fused-ring (bicyclic) bond motifs is 1. The molecule has 3 N–H and O–H groups in total. The highest BCUT2D eigenvalue weighted by Gasteiger charge is 2.16. The van der Waals surface area contributed by atoms with Gasteiger partial charge in [-0.15, -0.1) is 0 Å². The Morgan fingerprint density at radius 2 is 1.95 bits per heavy atom. The van der Waals surface area contributed by atoms with Gasteiger partial charge in [0.05, 0.1) is 5.56 Å². The van der Waals surface area contributed by atoms with Crippen LogP contribution < -0.4 is 5.73 Å². The molecule has 4 heteroatoms. The molecular weight excluding hydrogens is 270 g/mol. The number of hydrogen-bond acceptors (Lipinski definition) is 3. The van der Waals surface area contributed by atoms with Crippen LogP contribution in [0.2, 0.25) is 0 Å². The fourth-order valence-corrected chi connectivity index (χ4v) is 3.59. The number of nitrogen functional groups attached to an aromatic ring is 1. The van der Waals surface area contributed by atoms with Crippen LogP contribution in [0.1, 0.15) is 27.9 Å². The molecule has 0 saturated heterocycles. The molecule has 0 spiro atoms. The predicted molar refractivity (Wildman–Crippen MR) is 80.4 cm³/mol. The molecule has 3 rings (SSSR count). The normalized spacial score (nSPS) is 13.2. The lowest BCUT2D eigenvalue weighted by Crippen LogP contribution is -2.01. The molecule has 0 saturated carbocycles. The third-order valence-electron chi connectivity index (χ3n) is 3.57. The Labute approximate surface area is 121 Å². The van der Waals surface area contributed by atoms with E-state index in [2.05, 4.69) is 12.1 Å². The first-order valence-electron chi connectivity index (χ1n) is 6.56. The Morgan fingerprint density at radius 1 is 1.15 bits per heavy atom. The van der Waals surface area contributed by atoms with Crippen molar-refractivity contribution in [2.45, 2.75) is 29.1 Å². The SMILES string of the molecule is Nc1cccc(C(=O)O)c1Sc1ccc2c(c1)CCC2. The van der Waals surface area contributed by atoms with Crippen LogP contribution in [0.5, 0.6) is 0 Å². The minimum atomic E-state index is -0.944. The van der Waals surface area contributed by atoms with Crippen molar-refractivity contribution in [3.8, 4) is 0 Å². The third-order valence-corrected chi connectivity index (χ3v) is 4.72. The summed E-state index contributed by atoms with van der Waals surface area (Å²) in [7, 11) is 0. The van der Waals surface area contributed by atoms with E-state index < -0.39 is 5.97 Å². The van der Waals surface area contributed by atoms with Gasteiger partial charge < -0.3 is 10.8 Å². The monoisotopic (exact) mass is 285 g/mol. The van der Waals surface area contributed by atoms with Crippen LogP contribution in [0.15, 0.2) is 46.2 Å². The van der Waals surface area contributed by atoms with Crippen molar-refractivity contribution in [1.82, 2.24) is 0 Å². The molecule has 0 unspecified atom stereocenters. The molecule has 1 aliphatic rings. The molecule has 1 aliphatic carbocycles. The van der Waals surface area contributed by atoms with Crippen LogP contribution in [0.25, 0.3) is 0 Å². The van der Waals surface area contributed by atoms with E-state index >= 15 is 0 Å². The first kappa shape index (κ1) is 13.1. The predicted octanol–water partition coefficient (Wildman–Crippen LogP) is 3.61. The summed E-state index contributed by atoms with van der Waals surface area (Å²) in [6.45, 7) is 0. The Morgan fingerprint density at radius 3 is 2.75 bits per heavy atom. The van der Waals surface area contributed by atoms with Crippen molar-refractivity contribution >= 4 is 23.4 Å². The Hall–Kier alpha value is -1.94. The van der Waals surface area contributed by atoms with Crippen LogP contribution in [0.3, 0.4) is 0 Å². The largest absolute Gasteiger partial charge is 0.478 e. The van der Waals surface area contributed by atoms with Gasteiger partial charge in [-0.05, 0) is 54.7 Å². The first-order chi connectivity index (χ1) is 9.65. The minimum Gasteiger partial charge on any atom is -0.478 e. The number of carbonyl (C=O) groups is 1. The molecule has 102 valence electrons. The zero-order chi connectivity index (χ0) is 14.1. The molecule has 20 heavy (non-hydrogen) atoms. The Balaban J connectivity index is 1.97. The zero-order valence-corrected chi connectivity index (χ0v) is 11.7. The molecule has 0 aliphatic heterocycles. The highest BCUT2D eigenvalue weighted by Crippen LogP contribution is 2.37. The van der Waals surface area contributed by atoms with E-state index in [1.807, 2.05) is 6.07 Å². The summed E-state index contributed by atoms with van der Waals surface area (Å²) in [5.41, 5.74) is 9.49. The second kappa shape index (κ2) is 5.21. The quantitative estimate of drug-likeness (QED) is 0.846. The number of carboxylic acids is 1. The standard InChI is InChI=1S/C16H15NO2S/c17-14-6-2-5-13(16(18)19)15(14)20-12-8-7-10-3-1-4-11(10)9-12/h2,5-9H,1,3-4,17H2,(H,18,19). The van der Waals surface area contributed by atoms with E-state index in [-0.39, 0.29) is 5.56 Å². The summed E-state index contributed by atoms with van der Waals surface area (Å²) >= 11 is 1.43. The molecule has 0 aromatic heterocycles. The highest BCUT2D eigenvalue weighted by atomic mass is 32.2. The molecule has 2 aromatic carbocycles. The fraction of sp³-hybridized carbons (Fsp3) is 0.188. The summed E-state index contributed by atoms with van der Waals surface area (Å²) < 4.78 is 0. The average molecular weight is 285 g/mol. The molecule has 0 amide bonds. The first-order valence-corrected chi connectivity index (χ1v) is 7.38. The van der Waals surface area contributed by atoms with Crippen molar-refractivity contribution in [2.24, 2.45) is 0 Å². The van der Waals surface area contributed by atoms with Crippen molar-refractivity contribution in [1.29, 1.82) is 0 Å². The van der Waals surface area contributed by atoms with E-state index in [1.54, 1.807) is 18.2 Å². The Bertz CT molecular complexity index is 682. The van der Waals surface area contributed by atoms with Gasteiger partial charge in [-0.2, -0.15) is 0 Å².